The first-order valence-corrected chi connectivity index (χ1v) is 7.54. The second-order valence-corrected chi connectivity index (χ2v) is 5.88. The summed E-state index contributed by atoms with van der Waals surface area (Å²) in [5.41, 5.74) is 0.0863. The molecule has 1 fully saturated rings. The van der Waals surface area contributed by atoms with Crippen LogP contribution in [0.3, 0.4) is 0 Å². The van der Waals surface area contributed by atoms with Crippen LogP contribution in [-0.2, 0) is 4.74 Å². The van der Waals surface area contributed by atoms with Gasteiger partial charge < -0.3 is 19.8 Å². The third kappa shape index (κ3) is 2.90. The van der Waals surface area contributed by atoms with Gasteiger partial charge in [0.25, 0.3) is 5.56 Å². The Hall–Kier alpha value is -2.30. The first kappa shape index (κ1) is 16.6. The Morgan fingerprint density at radius 1 is 1.58 bits per heavy atom. The van der Waals surface area contributed by atoms with Crippen molar-refractivity contribution in [2.75, 3.05) is 20.7 Å². The molecule has 130 valence electrons. The van der Waals surface area contributed by atoms with Crippen molar-refractivity contribution in [3.05, 3.63) is 16.7 Å². The maximum Gasteiger partial charge on any atom is 0.280 e. The van der Waals surface area contributed by atoms with Gasteiger partial charge in [-0.15, -0.1) is 0 Å². The molecule has 0 spiro atoms. The minimum Gasteiger partial charge on any atom is -0.394 e. The Balaban J connectivity index is 2.03. The van der Waals surface area contributed by atoms with Crippen LogP contribution in [0.15, 0.2) is 16.1 Å². The molecule has 24 heavy (non-hydrogen) atoms. The average Bonchev–Trinajstić information content (AvgIpc) is 3.10. The van der Waals surface area contributed by atoms with Gasteiger partial charge in [0.15, 0.2) is 11.2 Å². The van der Waals surface area contributed by atoms with E-state index in [4.69, 9.17) is 4.74 Å². The van der Waals surface area contributed by atoms with Crippen LogP contribution >= 0.6 is 0 Å². The molecule has 0 amide bonds. The molecule has 10 heteroatoms. The van der Waals surface area contributed by atoms with Gasteiger partial charge in [0.05, 0.1) is 19.0 Å². The van der Waals surface area contributed by atoms with E-state index in [2.05, 4.69) is 19.9 Å². The number of hydrogen-bond acceptors (Lipinski definition) is 7. The van der Waals surface area contributed by atoms with E-state index in [1.54, 1.807) is 16.4 Å². The third-order valence-corrected chi connectivity index (χ3v) is 4.03. The summed E-state index contributed by atoms with van der Waals surface area (Å²) in [7, 11) is 3.67. The number of nitrogens with zero attached hydrogens (tertiary/aromatic N) is 5. The highest BCUT2D eigenvalue weighted by Gasteiger charge is 2.35. The standard InChI is InChI=1S/C14H20N6O4/c1-7(19(2)3)16-14-17-12-11(13(23)18-14)15-6-20(12)10-4-8(22)9(5-21)24-10/h6,8-10,21-22H,4-5H2,1-3H3,(H,17,18,23)/t8-,9-,10-/m1/s1. The zero-order valence-corrected chi connectivity index (χ0v) is 13.7. The molecule has 1 aliphatic rings. The number of aromatic nitrogens is 4. The number of rotatable bonds is 3. The third-order valence-electron chi connectivity index (χ3n) is 4.03. The number of hydrogen-bond donors (Lipinski definition) is 3. The normalized spacial score (nSPS) is 24.7. The predicted octanol–water partition coefficient (Wildman–Crippen LogP) is -0.628. The van der Waals surface area contributed by atoms with Crippen molar-refractivity contribution in [3.8, 4) is 0 Å². The van der Waals surface area contributed by atoms with Crippen LogP contribution in [-0.4, -0.2) is 73.4 Å². The van der Waals surface area contributed by atoms with Crippen LogP contribution < -0.4 is 5.56 Å². The fraction of sp³-hybridized carbons (Fsp3) is 0.571. The molecule has 3 N–H and O–H groups in total. The van der Waals surface area contributed by atoms with Crippen LogP contribution in [0.4, 0.5) is 5.95 Å². The molecule has 0 aliphatic carbocycles. The number of nitrogens with one attached hydrogen (secondary N) is 1. The molecule has 2 aromatic rings. The summed E-state index contributed by atoms with van der Waals surface area (Å²) in [6, 6.07) is 0. The molecule has 0 bridgehead atoms. The van der Waals surface area contributed by atoms with Gasteiger partial charge in [-0.25, -0.2) is 9.98 Å². The highest BCUT2D eigenvalue weighted by atomic mass is 16.5. The van der Waals surface area contributed by atoms with Crippen molar-refractivity contribution < 1.29 is 14.9 Å². The largest absolute Gasteiger partial charge is 0.394 e. The number of aliphatic hydroxyl groups excluding tert-OH is 2. The van der Waals surface area contributed by atoms with Gasteiger partial charge in [-0.05, 0) is 6.92 Å². The van der Waals surface area contributed by atoms with E-state index >= 15 is 0 Å². The summed E-state index contributed by atoms with van der Waals surface area (Å²) in [5.74, 6) is 0.842. The molecule has 3 heterocycles. The fourth-order valence-electron chi connectivity index (χ4n) is 2.48. The summed E-state index contributed by atoms with van der Waals surface area (Å²) < 4.78 is 7.18. The Bertz CT molecular complexity index is 826. The topological polar surface area (TPSA) is 129 Å². The second-order valence-electron chi connectivity index (χ2n) is 5.88. The summed E-state index contributed by atoms with van der Waals surface area (Å²) >= 11 is 0. The minimum absolute atomic E-state index is 0.165. The van der Waals surface area contributed by atoms with E-state index in [-0.39, 0.29) is 24.5 Å². The highest BCUT2D eigenvalue weighted by Crippen LogP contribution is 2.30. The van der Waals surface area contributed by atoms with E-state index < -0.39 is 24.0 Å². The first-order chi connectivity index (χ1) is 11.4. The number of H-pyrrole nitrogens is 1. The lowest BCUT2D eigenvalue weighted by Gasteiger charge is -2.14. The molecular formula is C14H20N6O4. The van der Waals surface area contributed by atoms with Gasteiger partial charge in [-0.3, -0.25) is 14.3 Å². The Kier molecular flexibility index (Phi) is 4.35. The van der Waals surface area contributed by atoms with E-state index in [1.165, 1.54) is 6.33 Å². The number of amidine groups is 1. The molecule has 0 radical (unpaired) electrons. The van der Waals surface area contributed by atoms with Crippen LogP contribution in [0.2, 0.25) is 0 Å². The molecule has 0 unspecified atom stereocenters. The maximum absolute atomic E-state index is 12.2. The maximum atomic E-state index is 12.2. The van der Waals surface area contributed by atoms with Gasteiger partial charge >= 0.3 is 0 Å². The molecule has 2 aromatic heterocycles. The zero-order chi connectivity index (χ0) is 17.4. The summed E-state index contributed by atoms with van der Waals surface area (Å²) in [6.07, 6.45) is -0.282. The fourth-order valence-corrected chi connectivity index (χ4v) is 2.48. The second kappa shape index (κ2) is 6.30. The van der Waals surface area contributed by atoms with Crippen LogP contribution in [0.25, 0.3) is 11.2 Å². The predicted molar refractivity (Wildman–Crippen MR) is 86.2 cm³/mol. The van der Waals surface area contributed by atoms with Crippen LogP contribution in [0.1, 0.15) is 19.6 Å². The van der Waals surface area contributed by atoms with Gasteiger partial charge in [0.2, 0.25) is 5.95 Å². The number of imidazole rings is 1. The van der Waals surface area contributed by atoms with E-state index in [9.17, 15) is 15.0 Å². The Morgan fingerprint density at radius 2 is 2.33 bits per heavy atom. The molecule has 10 nitrogen and oxygen atoms in total. The van der Waals surface area contributed by atoms with Gasteiger partial charge in [-0.1, -0.05) is 0 Å². The minimum atomic E-state index is -0.784. The molecule has 0 aromatic carbocycles. The molecule has 1 aliphatic heterocycles. The monoisotopic (exact) mass is 336 g/mol. The smallest absolute Gasteiger partial charge is 0.280 e. The van der Waals surface area contributed by atoms with Crippen LogP contribution in [0, 0.1) is 0 Å². The Labute approximate surface area is 137 Å². The summed E-state index contributed by atoms with van der Waals surface area (Å²) in [4.78, 5) is 29.2. The van der Waals surface area contributed by atoms with Crippen molar-refractivity contribution in [2.45, 2.75) is 31.8 Å². The van der Waals surface area contributed by atoms with E-state index in [0.29, 0.717) is 11.5 Å². The number of fused-ring (bicyclic) bond motifs is 1. The van der Waals surface area contributed by atoms with Crippen molar-refractivity contribution in [1.29, 1.82) is 0 Å². The van der Waals surface area contributed by atoms with Crippen molar-refractivity contribution in [1.82, 2.24) is 24.4 Å². The summed E-state index contributed by atoms with van der Waals surface area (Å²) in [6.45, 7) is 1.51. The molecule has 3 atom stereocenters. The molecule has 0 saturated carbocycles. The SMILES string of the molecule is CC(=Nc1nc2c(ncn2[C@H]2C[C@@H](O)[C@@H](CO)O2)c(=O)[nH]1)N(C)C. The first-order valence-electron chi connectivity index (χ1n) is 7.54. The van der Waals surface area contributed by atoms with Gasteiger partial charge in [0, 0.05) is 20.5 Å². The lowest BCUT2D eigenvalue weighted by molar-refractivity contribution is -0.0432. The van der Waals surface area contributed by atoms with E-state index in [1.807, 2.05) is 14.1 Å². The number of aromatic amines is 1. The summed E-state index contributed by atoms with van der Waals surface area (Å²) in [5, 5.41) is 19.1. The van der Waals surface area contributed by atoms with Crippen molar-refractivity contribution in [2.24, 2.45) is 4.99 Å². The quantitative estimate of drug-likeness (QED) is 0.503. The van der Waals surface area contributed by atoms with E-state index in [0.717, 1.165) is 0 Å². The highest BCUT2D eigenvalue weighted by molar-refractivity contribution is 5.81. The van der Waals surface area contributed by atoms with Crippen molar-refractivity contribution in [3.63, 3.8) is 0 Å². The zero-order valence-electron chi connectivity index (χ0n) is 13.7. The Morgan fingerprint density at radius 3 is 2.96 bits per heavy atom. The number of aliphatic imine (C=N–C) groups is 1. The number of aliphatic hydroxyl groups is 2. The van der Waals surface area contributed by atoms with Gasteiger partial charge in [0.1, 0.15) is 18.2 Å². The lowest BCUT2D eigenvalue weighted by atomic mass is 10.2. The molecular weight excluding hydrogens is 316 g/mol. The average molecular weight is 336 g/mol. The van der Waals surface area contributed by atoms with Gasteiger partial charge in [-0.2, -0.15) is 4.98 Å². The van der Waals surface area contributed by atoms with Crippen molar-refractivity contribution >= 4 is 22.9 Å². The lowest BCUT2D eigenvalue weighted by Crippen LogP contribution is -2.24. The van der Waals surface area contributed by atoms with Crippen LogP contribution in [0.5, 0.6) is 0 Å². The molecule has 1 saturated heterocycles. The number of ether oxygens (including phenoxy) is 1. The molecule has 3 rings (SSSR count).